The van der Waals surface area contributed by atoms with Gasteiger partial charge in [0.15, 0.2) is 0 Å². The van der Waals surface area contributed by atoms with Crippen molar-refractivity contribution in [1.82, 2.24) is 0 Å². The molecule has 0 amide bonds. The van der Waals surface area contributed by atoms with Crippen molar-refractivity contribution in [2.24, 2.45) is 0 Å². The first kappa shape index (κ1) is 7.68. The van der Waals surface area contributed by atoms with Crippen molar-refractivity contribution in [3.05, 3.63) is 24.3 Å². The average molecular weight is 196 g/mol. The second-order valence-corrected chi connectivity index (χ2v) is 4.04. The predicted molar refractivity (Wildman–Crippen MR) is 37.9 cm³/mol. The third kappa shape index (κ3) is 1.20. The molecule has 0 bridgehead atoms. The van der Waals surface area contributed by atoms with E-state index < -0.39 is 7.99 Å². The van der Waals surface area contributed by atoms with Gasteiger partial charge in [-0.25, -0.2) is 0 Å². The summed E-state index contributed by atoms with van der Waals surface area (Å²) in [6, 6.07) is 5.37. The quantitative estimate of drug-likeness (QED) is 0.591. The molecular formula is C6H4F3O2P. The minimum atomic E-state index is -6.81. The van der Waals surface area contributed by atoms with Crippen LogP contribution in [-0.2, 0) is 0 Å². The Bertz CT molecular complexity index is 304. The van der Waals surface area contributed by atoms with E-state index in [1.807, 2.05) is 0 Å². The Labute approximate surface area is 66.4 Å². The van der Waals surface area contributed by atoms with Crippen molar-refractivity contribution in [2.45, 2.75) is 0 Å². The van der Waals surface area contributed by atoms with E-state index in [9.17, 15) is 12.6 Å². The fourth-order valence-electron chi connectivity index (χ4n) is 0.923. The average Bonchev–Trinajstić information content (AvgIpc) is 2.16. The number of fused-ring (bicyclic) bond motifs is 1. The van der Waals surface area contributed by atoms with Crippen molar-refractivity contribution in [2.75, 3.05) is 0 Å². The molecule has 0 saturated carbocycles. The van der Waals surface area contributed by atoms with E-state index in [1.54, 1.807) is 0 Å². The SMILES string of the molecule is FP1(F)(F)Oc2ccccc2O1. The van der Waals surface area contributed by atoms with Gasteiger partial charge in [-0.2, -0.15) is 0 Å². The summed E-state index contributed by atoms with van der Waals surface area (Å²) in [6.45, 7) is 0. The normalized spacial score (nSPS) is 25.8. The predicted octanol–water partition coefficient (Wildman–Crippen LogP) is 3.49. The number of benzene rings is 1. The third-order valence-electron chi connectivity index (χ3n) is 1.33. The van der Waals surface area contributed by atoms with E-state index in [0.29, 0.717) is 0 Å². The molecule has 0 radical (unpaired) electrons. The van der Waals surface area contributed by atoms with Gasteiger partial charge in [-0.3, -0.25) is 0 Å². The van der Waals surface area contributed by atoms with Crippen LogP contribution < -0.4 is 9.05 Å². The molecule has 2 rings (SSSR count). The molecule has 0 saturated heterocycles. The summed E-state index contributed by atoms with van der Waals surface area (Å²) in [6.07, 6.45) is 0. The minimum absolute atomic E-state index is 0.248. The van der Waals surface area contributed by atoms with Crippen molar-refractivity contribution in [1.29, 1.82) is 0 Å². The van der Waals surface area contributed by atoms with Crippen molar-refractivity contribution < 1.29 is 21.6 Å². The molecule has 0 N–H and O–H groups in total. The molecule has 0 aromatic heterocycles. The first-order chi connectivity index (χ1) is 5.44. The summed E-state index contributed by atoms with van der Waals surface area (Å²) < 4.78 is 44.9. The first-order valence-electron chi connectivity index (χ1n) is 3.11. The molecule has 2 nitrogen and oxygen atoms in total. The van der Waals surface area contributed by atoms with Crippen LogP contribution in [0, 0.1) is 0 Å². The molecule has 1 aromatic rings. The molecule has 0 spiro atoms. The Morgan fingerprint density at radius 3 is 1.75 bits per heavy atom. The van der Waals surface area contributed by atoms with Gasteiger partial charge in [0.2, 0.25) is 0 Å². The molecule has 6 heteroatoms. The van der Waals surface area contributed by atoms with Crippen LogP contribution in [0.15, 0.2) is 24.3 Å². The molecule has 1 heterocycles. The van der Waals surface area contributed by atoms with Crippen LogP contribution in [0.3, 0.4) is 0 Å². The Morgan fingerprint density at radius 2 is 1.33 bits per heavy atom. The zero-order valence-electron chi connectivity index (χ0n) is 5.71. The van der Waals surface area contributed by atoms with Crippen LogP contribution in [-0.4, -0.2) is 0 Å². The molecule has 12 heavy (non-hydrogen) atoms. The summed E-state index contributed by atoms with van der Waals surface area (Å²) in [7, 11) is -6.81. The number of halogens is 3. The van der Waals surface area contributed by atoms with Gasteiger partial charge in [0, 0.05) is 0 Å². The second-order valence-electron chi connectivity index (χ2n) is 2.31. The van der Waals surface area contributed by atoms with Gasteiger partial charge in [-0.1, -0.05) is 0 Å². The zero-order chi connectivity index (χ0) is 8.84. The summed E-state index contributed by atoms with van der Waals surface area (Å²) in [4.78, 5) is 0. The topological polar surface area (TPSA) is 18.5 Å². The van der Waals surface area contributed by atoms with Crippen LogP contribution in [0.25, 0.3) is 0 Å². The summed E-state index contributed by atoms with van der Waals surface area (Å²) in [5.41, 5.74) is 0. The van der Waals surface area contributed by atoms with Gasteiger partial charge in [0.25, 0.3) is 0 Å². The summed E-state index contributed by atoms with van der Waals surface area (Å²) in [5, 5.41) is 0. The van der Waals surface area contributed by atoms with Gasteiger partial charge >= 0.3 is 65.4 Å². The Morgan fingerprint density at radius 1 is 0.917 bits per heavy atom. The fraction of sp³-hybridized carbons (Fsp3) is 0. The van der Waals surface area contributed by atoms with Crippen LogP contribution in [0.4, 0.5) is 12.6 Å². The van der Waals surface area contributed by atoms with Crippen LogP contribution in [0.2, 0.25) is 0 Å². The number of hydrogen-bond donors (Lipinski definition) is 0. The molecule has 0 fully saturated rings. The maximum absolute atomic E-state index is 12.4. The van der Waals surface area contributed by atoms with Gasteiger partial charge in [-0.15, -0.1) is 0 Å². The molecule has 0 aliphatic carbocycles. The number of para-hydroxylation sites is 2. The first-order valence-corrected chi connectivity index (χ1v) is 4.85. The van der Waals surface area contributed by atoms with Gasteiger partial charge in [0.1, 0.15) is 0 Å². The Balaban J connectivity index is 2.47. The van der Waals surface area contributed by atoms with Gasteiger partial charge in [-0.05, 0) is 0 Å². The molecule has 1 aliphatic rings. The van der Waals surface area contributed by atoms with Crippen LogP contribution in [0.5, 0.6) is 11.5 Å². The third-order valence-corrected chi connectivity index (χ3v) is 2.28. The number of hydrogen-bond acceptors (Lipinski definition) is 2. The monoisotopic (exact) mass is 196 g/mol. The molecule has 1 aliphatic heterocycles. The second kappa shape index (κ2) is 1.85. The molecule has 0 atom stereocenters. The van der Waals surface area contributed by atoms with E-state index in [0.717, 1.165) is 0 Å². The molecule has 0 unspecified atom stereocenters. The van der Waals surface area contributed by atoms with Crippen molar-refractivity contribution in [3.8, 4) is 11.5 Å². The molecule has 1 aromatic carbocycles. The van der Waals surface area contributed by atoms with E-state index in [1.165, 1.54) is 24.3 Å². The van der Waals surface area contributed by atoms with Crippen molar-refractivity contribution >= 4 is 7.99 Å². The van der Waals surface area contributed by atoms with Crippen molar-refractivity contribution in [3.63, 3.8) is 0 Å². The van der Waals surface area contributed by atoms with Gasteiger partial charge in [0.05, 0.1) is 0 Å². The van der Waals surface area contributed by atoms with E-state index in [-0.39, 0.29) is 11.5 Å². The van der Waals surface area contributed by atoms with Gasteiger partial charge < -0.3 is 0 Å². The summed E-state index contributed by atoms with van der Waals surface area (Å²) >= 11 is 0. The Hall–Kier alpha value is -0.960. The molecule has 66 valence electrons. The summed E-state index contributed by atoms with van der Waals surface area (Å²) in [5.74, 6) is -0.495. The van der Waals surface area contributed by atoms with E-state index in [2.05, 4.69) is 9.05 Å². The van der Waals surface area contributed by atoms with E-state index >= 15 is 0 Å². The Kier molecular flexibility index (Phi) is 1.19. The fourth-order valence-corrected chi connectivity index (χ4v) is 1.87. The maximum atomic E-state index is 12.4. The standard InChI is InChI=1S/C6H4F3O2P/c7-12(8,9)10-5-3-1-2-4-6(5)11-12/h1-4H. The van der Waals surface area contributed by atoms with Crippen LogP contribution in [0.1, 0.15) is 0 Å². The number of rotatable bonds is 0. The zero-order valence-corrected chi connectivity index (χ0v) is 6.60. The van der Waals surface area contributed by atoms with E-state index in [4.69, 9.17) is 0 Å². The van der Waals surface area contributed by atoms with Crippen LogP contribution >= 0.6 is 7.99 Å². The molecular weight excluding hydrogens is 192 g/mol.